The fraction of sp³-hybridized carbons (Fsp3) is 0.355. The summed E-state index contributed by atoms with van der Waals surface area (Å²) in [5.41, 5.74) is 3.64. The lowest BCUT2D eigenvalue weighted by Crippen LogP contribution is -2.31. The van der Waals surface area contributed by atoms with E-state index in [4.69, 9.17) is 9.47 Å². The van der Waals surface area contributed by atoms with Crippen LogP contribution in [0.2, 0.25) is 0 Å². The second-order valence-corrected chi connectivity index (χ2v) is 10.3. The lowest BCUT2D eigenvalue weighted by molar-refractivity contribution is -0.123. The van der Waals surface area contributed by atoms with Gasteiger partial charge in [0.05, 0.1) is 23.7 Å². The van der Waals surface area contributed by atoms with Crippen molar-refractivity contribution in [2.45, 2.75) is 38.7 Å². The summed E-state index contributed by atoms with van der Waals surface area (Å²) in [5.74, 6) is 1.72. The van der Waals surface area contributed by atoms with Gasteiger partial charge in [-0.25, -0.2) is 9.37 Å². The Bertz CT molecular complexity index is 1350. The first kappa shape index (κ1) is 25.9. The van der Waals surface area contributed by atoms with Crippen molar-refractivity contribution in [3.8, 4) is 5.75 Å². The van der Waals surface area contributed by atoms with Crippen molar-refractivity contribution in [1.82, 2.24) is 15.3 Å². The Morgan fingerprint density at radius 3 is 2.76 bits per heavy atom. The maximum Gasteiger partial charge on any atom is 0.257 e. The molecule has 4 aromatic rings. The predicted octanol–water partition coefficient (Wildman–Crippen LogP) is 5.96. The van der Waals surface area contributed by atoms with Crippen LogP contribution >= 0.6 is 0 Å². The molecule has 1 aromatic heterocycles. The Labute approximate surface area is 222 Å². The van der Waals surface area contributed by atoms with Crippen molar-refractivity contribution in [3.05, 3.63) is 95.6 Å². The molecule has 1 aliphatic rings. The quantitative estimate of drug-likeness (QED) is 0.289. The molecule has 38 heavy (non-hydrogen) atoms. The summed E-state index contributed by atoms with van der Waals surface area (Å²) >= 11 is 0. The number of para-hydroxylation sites is 2. The van der Waals surface area contributed by atoms with Crippen molar-refractivity contribution >= 4 is 16.9 Å². The number of carbonyl (C=O) groups excluding carboxylic acids is 1. The fourth-order valence-corrected chi connectivity index (χ4v) is 5.28. The largest absolute Gasteiger partial charge is 0.484 e. The molecule has 0 saturated carbocycles. The maximum atomic E-state index is 14.4. The molecule has 0 radical (unpaired) electrons. The lowest BCUT2D eigenvalue weighted by Gasteiger charge is -2.39. The van der Waals surface area contributed by atoms with Crippen molar-refractivity contribution in [3.63, 3.8) is 0 Å². The van der Waals surface area contributed by atoms with E-state index in [0.29, 0.717) is 31.2 Å². The first-order chi connectivity index (χ1) is 18.5. The molecule has 3 atom stereocenters. The summed E-state index contributed by atoms with van der Waals surface area (Å²) in [6, 6.07) is 22.6. The van der Waals surface area contributed by atoms with Crippen LogP contribution in [0.5, 0.6) is 5.75 Å². The number of nitrogens with one attached hydrogen (secondary N) is 2. The molecule has 5 rings (SSSR count). The minimum Gasteiger partial charge on any atom is -0.484 e. The summed E-state index contributed by atoms with van der Waals surface area (Å²) in [4.78, 5) is 20.2. The van der Waals surface area contributed by atoms with E-state index >= 15 is 0 Å². The van der Waals surface area contributed by atoms with Gasteiger partial charge in [0.2, 0.25) is 0 Å². The van der Waals surface area contributed by atoms with Gasteiger partial charge >= 0.3 is 0 Å². The van der Waals surface area contributed by atoms with E-state index in [1.54, 1.807) is 6.07 Å². The molecule has 0 aliphatic carbocycles. The smallest absolute Gasteiger partial charge is 0.257 e. The normalized spacial score (nSPS) is 19.5. The van der Waals surface area contributed by atoms with Crippen LogP contribution in [0, 0.1) is 17.7 Å². The van der Waals surface area contributed by atoms with Gasteiger partial charge in [0, 0.05) is 18.9 Å². The molecule has 1 fully saturated rings. The minimum absolute atomic E-state index is 0.0301. The molecule has 198 valence electrons. The number of rotatable bonds is 9. The Morgan fingerprint density at radius 1 is 1.13 bits per heavy atom. The van der Waals surface area contributed by atoms with Gasteiger partial charge < -0.3 is 19.8 Å². The van der Waals surface area contributed by atoms with Gasteiger partial charge in [0.25, 0.3) is 5.91 Å². The fourth-order valence-electron chi connectivity index (χ4n) is 5.28. The highest BCUT2D eigenvalue weighted by Gasteiger charge is 2.35. The van der Waals surface area contributed by atoms with E-state index < -0.39 is 0 Å². The first-order valence-corrected chi connectivity index (χ1v) is 13.3. The molecular weight excluding hydrogens is 481 g/mol. The maximum absolute atomic E-state index is 14.4. The van der Waals surface area contributed by atoms with E-state index in [-0.39, 0.29) is 36.3 Å². The predicted molar refractivity (Wildman–Crippen MR) is 146 cm³/mol. The molecule has 1 amide bonds. The number of hydrogen-bond acceptors (Lipinski definition) is 4. The number of carbonyl (C=O) groups is 1. The molecule has 0 unspecified atom stereocenters. The van der Waals surface area contributed by atoms with Crippen LogP contribution in [-0.4, -0.2) is 35.6 Å². The highest BCUT2D eigenvalue weighted by atomic mass is 19.1. The molecule has 2 heterocycles. The van der Waals surface area contributed by atoms with Crippen molar-refractivity contribution < 1.29 is 18.7 Å². The summed E-state index contributed by atoms with van der Waals surface area (Å²) < 4.78 is 26.6. The number of aromatic amines is 1. The number of hydrogen-bond donors (Lipinski definition) is 2. The van der Waals surface area contributed by atoms with Crippen LogP contribution in [0.15, 0.2) is 72.8 Å². The zero-order chi connectivity index (χ0) is 26.5. The average molecular weight is 516 g/mol. The molecule has 2 N–H and O–H groups in total. The van der Waals surface area contributed by atoms with E-state index in [1.165, 1.54) is 6.07 Å². The Balaban J connectivity index is 1.15. The van der Waals surface area contributed by atoms with Gasteiger partial charge in [-0.2, -0.15) is 0 Å². The van der Waals surface area contributed by atoms with Crippen LogP contribution in [0.3, 0.4) is 0 Å². The molecule has 1 aliphatic heterocycles. The summed E-state index contributed by atoms with van der Waals surface area (Å²) in [7, 11) is 0. The van der Waals surface area contributed by atoms with Crippen molar-refractivity contribution in [1.29, 1.82) is 0 Å². The summed E-state index contributed by atoms with van der Waals surface area (Å²) in [5, 5.41) is 2.89. The Morgan fingerprint density at radius 2 is 1.95 bits per heavy atom. The number of imidazole rings is 1. The van der Waals surface area contributed by atoms with Crippen LogP contribution < -0.4 is 10.1 Å². The topological polar surface area (TPSA) is 76.2 Å². The summed E-state index contributed by atoms with van der Waals surface area (Å²) in [6.45, 7) is 5.23. The number of ether oxygens (including phenoxy) is 2. The van der Waals surface area contributed by atoms with Gasteiger partial charge in [0.1, 0.15) is 17.4 Å². The van der Waals surface area contributed by atoms with Gasteiger partial charge in [-0.15, -0.1) is 0 Å². The molecule has 6 nitrogen and oxygen atoms in total. The third kappa shape index (κ3) is 6.05. The van der Waals surface area contributed by atoms with E-state index in [9.17, 15) is 9.18 Å². The second-order valence-electron chi connectivity index (χ2n) is 10.3. The highest BCUT2D eigenvalue weighted by Crippen LogP contribution is 2.44. The Hall–Kier alpha value is -3.71. The highest BCUT2D eigenvalue weighted by molar-refractivity contribution is 5.77. The molecular formula is C31H34FN3O3. The molecule has 1 saturated heterocycles. The van der Waals surface area contributed by atoms with E-state index in [2.05, 4.69) is 29.1 Å². The number of aromatic nitrogens is 2. The van der Waals surface area contributed by atoms with Crippen LogP contribution in [0.25, 0.3) is 11.0 Å². The van der Waals surface area contributed by atoms with Crippen LogP contribution in [0.1, 0.15) is 49.2 Å². The number of H-pyrrole nitrogens is 1. The SMILES string of the molecule is CC(C)[C@@H]1C[C@H](c2ccccc2F)CO[C@H]1c1cccc(OCC(=O)NCCc2nc3ccccc3[nH]2)c1. The number of nitrogens with zero attached hydrogens (tertiary/aromatic N) is 1. The first-order valence-electron chi connectivity index (χ1n) is 13.3. The van der Waals surface area contributed by atoms with Crippen LogP contribution in [-0.2, 0) is 16.0 Å². The van der Waals surface area contributed by atoms with Gasteiger partial charge in [-0.1, -0.05) is 56.3 Å². The number of fused-ring (bicyclic) bond motifs is 1. The van der Waals surface area contributed by atoms with Crippen molar-refractivity contribution in [2.24, 2.45) is 11.8 Å². The number of benzene rings is 3. The number of amides is 1. The van der Waals surface area contributed by atoms with Crippen LogP contribution in [0.4, 0.5) is 4.39 Å². The zero-order valence-electron chi connectivity index (χ0n) is 21.8. The second kappa shape index (κ2) is 11.8. The lowest BCUT2D eigenvalue weighted by atomic mass is 9.76. The van der Waals surface area contributed by atoms with Gasteiger partial charge in [-0.3, -0.25) is 4.79 Å². The van der Waals surface area contributed by atoms with Gasteiger partial charge in [-0.05, 0) is 59.7 Å². The number of halogens is 1. The molecule has 7 heteroatoms. The molecule has 0 spiro atoms. The average Bonchev–Trinajstić information content (AvgIpc) is 3.35. The zero-order valence-corrected chi connectivity index (χ0v) is 21.8. The van der Waals surface area contributed by atoms with Crippen molar-refractivity contribution in [2.75, 3.05) is 19.8 Å². The third-order valence-corrected chi connectivity index (χ3v) is 7.30. The minimum atomic E-state index is -0.187. The monoisotopic (exact) mass is 515 g/mol. The van der Waals surface area contributed by atoms with E-state index in [0.717, 1.165) is 34.4 Å². The summed E-state index contributed by atoms with van der Waals surface area (Å²) in [6.07, 6.45) is 1.35. The Kier molecular flexibility index (Phi) is 8.03. The van der Waals surface area contributed by atoms with Gasteiger partial charge in [0.15, 0.2) is 6.61 Å². The van der Waals surface area contributed by atoms with E-state index in [1.807, 2.05) is 60.7 Å². The standard InChI is InChI=1S/C31H34FN3O3/c1-20(2)25-17-22(24-10-3-4-11-26(24)32)18-38-31(25)21-8-7-9-23(16-21)37-19-30(36)33-15-14-29-34-27-12-5-6-13-28(27)35-29/h3-13,16,20,22,25,31H,14-15,17-19H2,1-2H3,(H,33,36)(H,34,35)/t22-,25-,31-/m0/s1. The molecule has 3 aromatic carbocycles. The third-order valence-electron chi connectivity index (χ3n) is 7.30. The molecule has 0 bridgehead atoms.